The van der Waals surface area contributed by atoms with E-state index in [1.165, 1.54) is 0 Å². The zero-order valence-corrected chi connectivity index (χ0v) is 23.2. The molecule has 2 heterocycles. The van der Waals surface area contributed by atoms with Crippen molar-refractivity contribution >= 4 is 41.2 Å². The molecular weight excluding hydrogens is 526 g/mol. The smallest absolute Gasteiger partial charge is 0.335 e. The Morgan fingerprint density at radius 1 is 0.850 bits per heavy atom. The summed E-state index contributed by atoms with van der Waals surface area (Å²) in [6.07, 6.45) is 2.37. The second-order valence-electron chi connectivity index (χ2n) is 9.55. The monoisotopic (exact) mass is 553 g/mol. The lowest BCUT2D eigenvalue weighted by Gasteiger charge is -2.26. The van der Waals surface area contributed by atoms with Crippen molar-refractivity contribution in [2.24, 2.45) is 0 Å². The van der Waals surface area contributed by atoms with Crippen LogP contribution in [0.25, 0.3) is 11.8 Å². The molecule has 1 N–H and O–H groups in total. The summed E-state index contributed by atoms with van der Waals surface area (Å²) in [6, 6.07) is 23.5. The van der Waals surface area contributed by atoms with Crippen LogP contribution in [0.5, 0.6) is 5.75 Å². The molecule has 40 heavy (non-hydrogen) atoms. The number of nitrogens with one attached hydrogen (secondary N) is 1. The number of hydrogen-bond donors (Lipinski definition) is 1. The van der Waals surface area contributed by atoms with Crippen molar-refractivity contribution in [3.63, 3.8) is 0 Å². The van der Waals surface area contributed by atoms with Crippen molar-refractivity contribution in [3.8, 4) is 11.4 Å². The minimum Gasteiger partial charge on any atom is -0.489 e. The van der Waals surface area contributed by atoms with Gasteiger partial charge in [0.25, 0.3) is 11.8 Å². The Morgan fingerprint density at radius 3 is 2.12 bits per heavy atom. The first kappa shape index (κ1) is 27.0. The fourth-order valence-electron chi connectivity index (χ4n) is 4.70. The summed E-state index contributed by atoms with van der Waals surface area (Å²) in [7, 11) is 0. The number of imide groups is 2. The van der Waals surface area contributed by atoms with Gasteiger partial charge in [0, 0.05) is 22.1 Å². The maximum Gasteiger partial charge on any atom is 0.335 e. The average Bonchev–Trinajstić information content (AvgIpc) is 3.23. The lowest BCUT2D eigenvalue weighted by molar-refractivity contribution is -0.122. The molecule has 0 unspecified atom stereocenters. The van der Waals surface area contributed by atoms with Crippen LogP contribution in [0.2, 0.25) is 5.02 Å². The molecule has 1 saturated heterocycles. The molecule has 1 aliphatic rings. The van der Waals surface area contributed by atoms with E-state index in [0.717, 1.165) is 45.3 Å². The van der Waals surface area contributed by atoms with Crippen LogP contribution >= 0.6 is 11.6 Å². The second-order valence-corrected chi connectivity index (χ2v) is 9.99. The van der Waals surface area contributed by atoms with Gasteiger partial charge < -0.3 is 9.30 Å². The number of barbiturate groups is 1. The number of urea groups is 1. The van der Waals surface area contributed by atoms with Crippen LogP contribution in [0.4, 0.5) is 10.5 Å². The number of carbonyl (C=O) groups excluding carboxylic acids is 3. The van der Waals surface area contributed by atoms with Crippen molar-refractivity contribution < 1.29 is 19.1 Å². The zero-order chi connectivity index (χ0) is 28.4. The summed E-state index contributed by atoms with van der Waals surface area (Å²) in [5, 5.41) is 2.98. The lowest BCUT2D eigenvalue weighted by Crippen LogP contribution is -2.54. The predicted octanol–water partition coefficient (Wildman–Crippen LogP) is 6.56. The first-order valence-electron chi connectivity index (χ1n) is 12.9. The highest BCUT2D eigenvalue weighted by Gasteiger charge is 2.37. The Balaban J connectivity index is 1.38. The van der Waals surface area contributed by atoms with Gasteiger partial charge in [-0.2, -0.15) is 0 Å². The molecule has 4 aromatic rings. The SMILES string of the molecule is CCc1ccc(N2C(=O)NC(=O)/C(=C/c3cc(C)n(-c4ccc(OCc5ccc(Cl)cc5)cc4)c3C)C2=O)cc1. The summed E-state index contributed by atoms with van der Waals surface area (Å²) < 4.78 is 7.94. The number of carbonyl (C=O) groups is 3. The van der Waals surface area contributed by atoms with Gasteiger partial charge in [-0.1, -0.05) is 42.8 Å². The Kier molecular flexibility index (Phi) is 7.58. The summed E-state index contributed by atoms with van der Waals surface area (Å²) in [5.41, 5.74) is 5.77. The van der Waals surface area contributed by atoms with Crippen LogP contribution in [0, 0.1) is 13.8 Å². The van der Waals surface area contributed by atoms with Gasteiger partial charge in [-0.3, -0.25) is 14.9 Å². The first-order chi connectivity index (χ1) is 19.2. The molecule has 8 heteroatoms. The number of nitrogens with zero attached hydrogens (tertiary/aromatic N) is 2. The van der Waals surface area contributed by atoms with E-state index in [0.29, 0.717) is 22.9 Å². The second kappa shape index (κ2) is 11.2. The summed E-state index contributed by atoms with van der Waals surface area (Å²) >= 11 is 5.95. The van der Waals surface area contributed by atoms with E-state index in [9.17, 15) is 14.4 Å². The fraction of sp³-hybridized carbons (Fsp3) is 0.156. The van der Waals surface area contributed by atoms with Crippen molar-refractivity contribution in [2.45, 2.75) is 33.8 Å². The summed E-state index contributed by atoms with van der Waals surface area (Å²) in [5.74, 6) is -0.655. The van der Waals surface area contributed by atoms with E-state index >= 15 is 0 Å². The Morgan fingerprint density at radius 2 is 1.48 bits per heavy atom. The quantitative estimate of drug-likeness (QED) is 0.208. The number of rotatable bonds is 7. The van der Waals surface area contributed by atoms with Gasteiger partial charge in [0.1, 0.15) is 17.9 Å². The molecule has 3 aromatic carbocycles. The predicted molar refractivity (Wildman–Crippen MR) is 156 cm³/mol. The van der Waals surface area contributed by atoms with E-state index in [4.69, 9.17) is 16.3 Å². The molecule has 1 aromatic heterocycles. The van der Waals surface area contributed by atoms with Gasteiger partial charge in [0.15, 0.2) is 0 Å². The molecular formula is C32H28ClN3O4. The lowest BCUT2D eigenvalue weighted by atomic mass is 10.1. The van der Waals surface area contributed by atoms with Crippen LogP contribution < -0.4 is 15.0 Å². The Labute approximate surface area is 237 Å². The molecule has 5 rings (SSSR count). The van der Waals surface area contributed by atoms with Crippen molar-refractivity contribution in [1.29, 1.82) is 0 Å². The number of ether oxygens (including phenoxy) is 1. The summed E-state index contributed by atoms with van der Waals surface area (Å²) in [6.45, 7) is 6.32. The third kappa shape index (κ3) is 5.42. The number of halogens is 1. The molecule has 7 nitrogen and oxygen atoms in total. The van der Waals surface area contributed by atoms with Gasteiger partial charge in [-0.25, -0.2) is 9.69 Å². The highest BCUT2D eigenvalue weighted by Crippen LogP contribution is 2.27. The minimum atomic E-state index is -0.764. The number of benzene rings is 3. The van der Waals surface area contributed by atoms with Crippen LogP contribution in [0.3, 0.4) is 0 Å². The Hall–Kier alpha value is -4.62. The maximum absolute atomic E-state index is 13.3. The third-order valence-corrected chi connectivity index (χ3v) is 7.14. The number of aromatic nitrogens is 1. The average molecular weight is 554 g/mol. The normalized spacial score (nSPS) is 14.6. The summed E-state index contributed by atoms with van der Waals surface area (Å²) in [4.78, 5) is 39.6. The molecule has 0 aliphatic carbocycles. The maximum atomic E-state index is 13.3. The molecule has 0 bridgehead atoms. The molecule has 0 saturated carbocycles. The van der Waals surface area contributed by atoms with Gasteiger partial charge in [-0.05, 0) is 97.6 Å². The molecule has 1 aliphatic heterocycles. The molecule has 1 fully saturated rings. The van der Waals surface area contributed by atoms with Crippen LogP contribution in [0.1, 0.15) is 35.0 Å². The van der Waals surface area contributed by atoms with Gasteiger partial charge >= 0.3 is 6.03 Å². The molecule has 0 spiro atoms. The minimum absolute atomic E-state index is 0.106. The van der Waals surface area contributed by atoms with Crippen LogP contribution in [0.15, 0.2) is 84.4 Å². The standard InChI is InChI=1S/C32H28ClN3O4/c1-4-22-7-11-27(12-8-22)36-31(38)29(30(37)34-32(36)39)18-24-17-20(2)35(21(24)3)26-13-15-28(16-14-26)40-19-23-5-9-25(33)10-6-23/h5-18H,4,19H2,1-3H3,(H,34,37,39)/b29-18-. The third-order valence-electron chi connectivity index (χ3n) is 6.89. The number of anilines is 1. The van der Waals surface area contributed by atoms with E-state index in [1.54, 1.807) is 18.2 Å². The highest BCUT2D eigenvalue weighted by atomic mass is 35.5. The Bertz CT molecular complexity index is 1620. The van der Waals surface area contributed by atoms with Gasteiger partial charge in [-0.15, -0.1) is 0 Å². The van der Waals surface area contributed by atoms with Crippen LogP contribution in [-0.2, 0) is 22.6 Å². The van der Waals surface area contributed by atoms with E-state index in [2.05, 4.69) is 5.32 Å². The molecule has 0 atom stereocenters. The van der Waals surface area contributed by atoms with Crippen molar-refractivity contribution in [3.05, 3.63) is 118 Å². The number of amides is 4. The van der Waals surface area contributed by atoms with E-state index in [1.807, 2.05) is 92.1 Å². The topological polar surface area (TPSA) is 80.6 Å². The van der Waals surface area contributed by atoms with Crippen molar-refractivity contribution in [1.82, 2.24) is 9.88 Å². The molecule has 4 amide bonds. The largest absolute Gasteiger partial charge is 0.489 e. The highest BCUT2D eigenvalue weighted by molar-refractivity contribution is 6.39. The molecule has 202 valence electrons. The first-order valence-corrected chi connectivity index (χ1v) is 13.3. The number of hydrogen-bond acceptors (Lipinski definition) is 4. The zero-order valence-electron chi connectivity index (χ0n) is 22.4. The van der Waals surface area contributed by atoms with Crippen molar-refractivity contribution in [2.75, 3.05) is 4.90 Å². The van der Waals surface area contributed by atoms with E-state index < -0.39 is 17.8 Å². The van der Waals surface area contributed by atoms with Gasteiger partial charge in [0.2, 0.25) is 0 Å². The number of aryl methyl sites for hydroxylation is 2. The van der Waals surface area contributed by atoms with Gasteiger partial charge in [0.05, 0.1) is 5.69 Å². The molecule has 0 radical (unpaired) electrons. The van der Waals surface area contributed by atoms with Crippen LogP contribution in [-0.4, -0.2) is 22.4 Å². The van der Waals surface area contributed by atoms with E-state index in [-0.39, 0.29) is 5.57 Å². The fourth-order valence-corrected chi connectivity index (χ4v) is 4.82.